The first kappa shape index (κ1) is 18.5. The lowest BCUT2D eigenvalue weighted by molar-refractivity contribution is -0.132. The average Bonchev–Trinajstić information content (AvgIpc) is 2.60. The van der Waals surface area contributed by atoms with Gasteiger partial charge in [-0.15, -0.1) is 5.11 Å². The van der Waals surface area contributed by atoms with Gasteiger partial charge in [-0.2, -0.15) is 5.11 Å². The summed E-state index contributed by atoms with van der Waals surface area (Å²) in [7, 11) is 1.57. The van der Waals surface area contributed by atoms with Crippen LogP contribution in [0, 0.1) is 0 Å². The van der Waals surface area contributed by atoms with Crippen LogP contribution in [-0.2, 0) is 11.2 Å². The van der Waals surface area contributed by atoms with Crippen molar-refractivity contribution in [3.05, 3.63) is 58.6 Å². The number of hydrogen-bond acceptors (Lipinski definition) is 5. The number of ether oxygens (including phenoxy) is 1. The molecule has 0 unspecified atom stereocenters. The number of benzene rings is 2. The van der Waals surface area contributed by atoms with Crippen molar-refractivity contribution in [3.8, 4) is 11.5 Å². The van der Waals surface area contributed by atoms with Crippen molar-refractivity contribution in [2.45, 2.75) is 13.3 Å². The molecule has 0 atom stereocenters. The van der Waals surface area contributed by atoms with Gasteiger partial charge >= 0.3 is 5.97 Å². The molecule has 2 aromatic rings. The summed E-state index contributed by atoms with van der Waals surface area (Å²) < 4.78 is 5.07. The fraction of sp³-hybridized carbons (Fsp3) is 0.167. The van der Waals surface area contributed by atoms with Gasteiger partial charge in [-0.3, -0.25) is 0 Å². The molecule has 0 aromatic heterocycles. The third kappa shape index (κ3) is 5.06. The van der Waals surface area contributed by atoms with Gasteiger partial charge in [0.05, 0.1) is 12.8 Å². The smallest absolute Gasteiger partial charge is 0.330 e. The molecule has 0 radical (unpaired) electrons. The quantitative estimate of drug-likeness (QED) is 0.557. The van der Waals surface area contributed by atoms with E-state index in [9.17, 15) is 9.90 Å². The summed E-state index contributed by atoms with van der Waals surface area (Å²) in [6.45, 7) is 1.48. The summed E-state index contributed by atoms with van der Waals surface area (Å²) >= 11 is 6.05. The van der Waals surface area contributed by atoms with Crippen LogP contribution < -0.4 is 4.74 Å². The summed E-state index contributed by atoms with van der Waals surface area (Å²) in [5.41, 5.74) is 1.45. The number of carbonyl (C=O) groups is 1. The average molecular weight is 361 g/mol. The second kappa shape index (κ2) is 8.30. The van der Waals surface area contributed by atoms with Gasteiger partial charge in [0.25, 0.3) is 0 Å². The number of carboxylic acid groups (broad SMARTS) is 1. The normalized spacial score (nSPS) is 11.7. The Balaban J connectivity index is 2.27. The number of rotatable bonds is 6. The fourth-order valence-corrected chi connectivity index (χ4v) is 2.22. The fourth-order valence-electron chi connectivity index (χ4n) is 1.98. The minimum absolute atomic E-state index is 0.0869. The van der Waals surface area contributed by atoms with Crippen molar-refractivity contribution in [2.75, 3.05) is 7.11 Å². The molecule has 130 valence electrons. The minimum Gasteiger partial charge on any atom is -0.505 e. The van der Waals surface area contributed by atoms with Gasteiger partial charge < -0.3 is 14.9 Å². The molecular weight excluding hydrogens is 344 g/mol. The molecule has 0 saturated heterocycles. The predicted molar refractivity (Wildman–Crippen MR) is 95.4 cm³/mol. The largest absolute Gasteiger partial charge is 0.505 e. The number of aromatic hydroxyl groups is 1. The van der Waals surface area contributed by atoms with E-state index in [0.717, 1.165) is 0 Å². The molecule has 0 aliphatic heterocycles. The van der Waals surface area contributed by atoms with E-state index in [4.69, 9.17) is 21.4 Å². The zero-order valence-corrected chi connectivity index (χ0v) is 14.5. The Hall–Kier alpha value is -2.86. The van der Waals surface area contributed by atoms with Crippen LogP contribution in [0.1, 0.15) is 12.5 Å². The molecule has 0 heterocycles. The lowest BCUT2D eigenvalue weighted by atomic mass is 10.1. The van der Waals surface area contributed by atoms with Crippen molar-refractivity contribution in [3.63, 3.8) is 0 Å². The van der Waals surface area contributed by atoms with Crippen LogP contribution in [0.4, 0.5) is 11.4 Å². The second-order valence-electron chi connectivity index (χ2n) is 5.23. The highest BCUT2D eigenvalue weighted by Crippen LogP contribution is 2.35. The van der Waals surface area contributed by atoms with E-state index < -0.39 is 5.97 Å². The van der Waals surface area contributed by atoms with E-state index in [1.807, 2.05) is 0 Å². The molecule has 2 N–H and O–H groups in total. The standard InChI is InChI=1S/C18H17ClN2O4/c1-11(18(23)24)3-4-12-9-13(19)10-16(17(12)22)21-20-14-5-7-15(25-2)8-6-14/h3,5-10,22H,4H2,1-2H3,(H,23,24)/b11-3+,21-20?. The maximum Gasteiger partial charge on any atom is 0.330 e. The highest BCUT2D eigenvalue weighted by atomic mass is 35.5. The number of aliphatic carboxylic acids is 1. The molecule has 2 aromatic carbocycles. The molecule has 2 rings (SSSR count). The summed E-state index contributed by atoms with van der Waals surface area (Å²) in [4.78, 5) is 10.8. The molecule has 0 amide bonds. The van der Waals surface area contributed by atoms with Crippen molar-refractivity contribution in [1.82, 2.24) is 0 Å². The highest BCUT2D eigenvalue weighted by Gasteiger charge is 2.10. The Morgan fingerprint density at radius 1 is 1.24 bits per heavy atom. The van der Waals surface area contributed by atoms with Crippen LogP contribution in [0.3, 0.4) is 0 Å². The van der Waals surface area contributed by atoms with Crippen LogP contribution in [0.5, 0.6) is 11.5 Å². The second-order valence-corrected chi connectivity index (χ2v) is 5.66. The number of nitrogens with zero attached hydrogens (tertiary/aromatic N) is 2. The number of phenols is 1. The Labute approximate surface area is 150 Å². The SMILES string of the molecule is COc1ccc(N=Nc2cc(Cl)cc(C/C=C(\C)C(=O)O)c2O)cc1. The minimum atomic E-state index is -1.01. The van der Waals surface area contributed by atoms with Crippen LogP contribution in [-0.4, -0.2) is 23.3 Å². The van der Waals surface area contributed by atoms with Crippen LogP contribution in [0.25, 0.3) is 0 Å². The molecule has 7 heteroatoms. The number of halogens is 1. The molecule has 0 saturated carbocycles. The van der Waals surface area contributed by atoms with Gasteiger partial charge in [-0.05, 0) is 49.7 Å². The highest BCUT2D eigenvalue weighted by molar-refractivity contribution is 6.31. The van der Waals surface area contributed by atoms with Crippen molar-refractivity contribution < 1.29 is 19.7 Å². The maximum atomic E-state index is 10.8. The monoisotopic (exact) mass is 360 g/mol. The molecule has 0 fully saturated rings. The van der Waals surface area contributed by atoms with Crippen LogP contribution >= 0.6 is 11.6 Å². The van der Waals surface area contributed by atoms with Crippen LogP contribution in [0.2, 0.25) is 5.02 Å². The molecule has 6 nitrogen and oxygen atoms in total. The first-order chi connectivity index (χ1) is 11.9. The van der Waals surface area contributed by atoms with E-state index in [1.165, 1.54) is 19.1 Å². The topological polar surface area (TPSA) is 91.5 Å². The first-order valence-electron chi connectivity index (χ1n) is 7.38. The predicted octanol–water partition coefficient (Wildman–Crippen LogP) is 5.04. The Kier molecular flexibility index (Phi) is 6.14. The number of methoxy groups -OCH3 is 1. The van der Waals surface area contributed by atoms with Gasteiger partial charge in [-0.25, -0.2) is 4.79 Å². The van der Waals surface area contributed by atoms with E-state index >= 15 is 0 Å². The Morgan fingerprint density at radius 3 is 2.52 bits per heavy atom. The summed E-state index contributed by atoms with van der Waals surface area (Å²) in [5, 5.41) is 27.7. The number of azo groups is 1. The van der Waals surface area contributed by atoms with Crippen molar-refractivity contribution in [2.24, 2.45) is 10.2 Å². The molecule has 25 heavy (non-hydrogen) atoms. The molecule has 0 bridgehead atoms. The Morgan fingerprint density at radius 2 is 1.92 bits per heavy atom. The van der Waals surface area contributed by atoms with Crippen LogP contribution in [0.15, 0.2) is 58.3 Å². The van der Waals surface area contributed by atoms with Crippen molar-refractivity contribution >= 4 is 28.9 Å². The first-order valence-corrected chi connectivity index (χ1v) is 7.75. The molecular formula is C18H17ClN2O4. The number of carboxylic acids is 1. The lowest BCUT2D eigenvalue weighted by Gasteiger charge is -2.06. The van der Waals surface area contributed by atoms with E-state index in [1.54, 1.807) is 37.4 Å². The van der Waals surface area contributed by atoms with Gasteiger partial charge in [0.1, 0.15) is 17.2 Å². The number of allylic oxidation sites excluding steroid dienone is 1. The number of phenolic OH excluding ortho intramolecular Hbond substituents is 1. The third-order valence-corrected chi connectivity index (χ3v) is 3.66. The summed E-state index contributed by atoms with van der Waals surface area (Å²) in [5.74, 6) is -0.399. The third-order valence-electron chi connectivity index (χ3n) is 3.44. The van der Waals surface area contributed by atoms with Gasteiger partial charge in [0, 0.05) is 16.2 Å². The van der Waals surface area contributed by atoms with E-state index in [-0.39, 0.29) is 23.4 Å². The van der Waals surface area contributed by atoms with Gasteiger partial charge in [0.2, 0.25) is 0 Å². The molecule has 0 aliphatic carbocycles. The maximum absolute atomic E-state index is 10.8. The zero-order valence-electron chi connectivity index (χ0n) is 13.7. The Bertz CT molecular complexity index is 830. The molecule has 0 aliphatic rings. The summed E-state index contributed by atoms with van der Waals surface area (Å²) in [6, 6.07) is 10.00. The van der Waals surface area contributed by atoms with Crippen molar-refractivity contribution in [1.29, 1.82) is 0 Å². The number of hydrogen-bond donors (Lipinski definition) is 2. The zero-order chi connectivity index (χ0) is 18.4. The van der Waals surface area contributed by atoms with E-state index in [2.05, 4.69) is 10.2 Å². The van der Waals surface area contributed by atoms with Gasteiger partial charge in [0.15, 0.2) is 0 Å². The lowest BCUT2D eigenvalue weighted by Crippen LogP contribution is -1.96. The molecule has 0 spiro atoms. The summed E-state index contributed by atoms with van der Waals surface area (Å²) in [6.07, 6.45) is 1.72. The van der Waals surface area contributed by atoms with Gasteiger partial charge in [-0.1, -0.05) is 17.7 Å². The van der Waals surface area contributed by atoms with E-state index in [0.29, 0.717) is 22.0 Å².